The molecule has 4 aromatic rings. The molecule has 0 saturated carbocycles. The third-order valence-corrected chi connectivity index (χ3v) is 6.38. The number of ketones is 1. The molecule has 2 aromatic heterocycles. The minimum absolute atomic E-state index is 0.136. The van der Waals surface area contributed by atoms with Crippen LogP contribution in [0.2, 0.25) is 0 Å². The lowest BCUT2D eigenvalue weighted by molar-refractivity contribution is -0.137. The molecule has 2 N–H and O–H groups in total. The molecule has 9 heteroatoms. The Morgan fingerprint density at radius 3 is 2.61 bits per heavy atom. The second-order valence-corrected chi connectivity index (χ2v) is 8.81. The molecule has 168 valence electrons. The van der Waals surface area contributed by atoms with E-state index in [0.29, 0.717) is 16.9 Å². The highest BCUT2D eigenvalue weighted by Gasteiger charge is 2.49. The van der Waals surface area contributed by atoms with Crippen LogP contribution in [0.3, 0.4) is 0 Å². The van der Waals surface area contributed by atoms with Gasteiger partial charge in [-0.3, -0.25) is 4.79 Å². The molecule has 33 heavy (non-hydrogen) atoms. The monoisotopic (exact) mass is 452 g/mol. The number of imidazole rings is 1. The third-order valence-electron chi connectivity index (χ3n) is 6.38. The van der Waals surface area contributed by atoms with E-state index in [-0.39, 0.29) is 11.1 Å². The Labute approximate surface area is 186 Å². The van der Waals surface area contributed by atoms with Gasteiger partial charge in [0.1, 0.15) is 0 Å². The Balaban J connectivity index is 1.26. The van der Waals surface area contributed by atoms with Gasteiger partial charge in [-0.1, -0.05) is 18.2 Å². The van der Waals surface area contributed by atoms with Crippen LogP contribution in [-0.4, -0.2) is 47.0 Å². The first kappa shape index (κ1) is 20.0. The van der Waals surface area contributed by atoms with Gasteiger partial charge in [0, 0.05) is 36.1 Å². The number of ether oxygens (including phenoxy) is 1. The molecule has 2 aliphatic rings. The minimum atomic E-state index is -4.61. The number of aromatic amines is 2. The maximum atomic E-state index is 13.3. The summed E-state index contributed by atoms with van der Waals surface area (Å²) >= 11 is 0. The van der Waals surface area contributed by atoms with Crippen molar-refractivity contribution in [3.8, 4) is 11.5 Å². The molecule has 0 aliphatic carbocycles. The fraction of sp³-hybridized carbons (Fsp3) is 0.250. The molecular weight excluding hydrogens is 433 g/mol. The Morgan fingerprint density at radius 1 is 1.09 bits per heavy atom. The summed E-state index contributed by atoms with van der Waals surface area (Å²) in [6, 6.07) is 12.3. The molecule has 6 nitrogen and oxygen atoms in total. The third kappa shape index (κ3) is 3.31. The Morgan fingerprint density at radius 2 is 1.88 bits per heavy atom. The maximum absolute atomic E-state index is 13.3. The van der Waals surface area contributed by atoms with Crippen molar-refractivity contribution in [1.29, 1.82) is 0 Å². The quantitative estimate of drug-likeness (QED) is 0.443. The van der Waals surface area contributed by atoms with Crippen LogP contribution in [0, 0.1) is 5.41 Å². The van der Waals surface area contributed by atoms with E-state index < -0.39 is 17.5 Å². The SMILES string of the molecule is O=C(c1c[nH]c(-c2nc3ccc(N4CC5(COC5)C4)cc3[nH]2)c1)c1ccccc1C(F)(F)F. The summed E-state index contributed by atoms with van der Waals surface area (Å²) in [7, 11) is 0. The molecule has 6 rings (SSSR count). The number of nitrogens with one attached hydrogen (secondary N) is 2. The van der Waals surface area contributed by atoms with Gasteiger partial charge in [0.15, 0.2) is 11.6 Å². The van der Waals surface area contributed by atoms with Crippen molar-refractivity contribution in [3.63, 3.8) is 0 Å². The van der Waals surface area contributed by atoms with Crippen LogP contribution in [0.15, 0.2) is 54.7 Å². The molecule has 4 heterocycles. The summed E-state index contributed by atoms with van der Waals surface area (Å²) in [6.07, 6.45) is -3.20. The zero-order valence-corrected chi connectivity index (χ0v) is 17.4. The predicted molar refractivity (Wildman–Crippen MR) is 116 cm³/mol. The maximum Gasteiger partial charge on any atom is 0.417 e. The van der Waals surface area contributed by atoms with E-state index in [0.717, 1.165) is 49.1 Å². The van der Waals surface area contributed by atoms with Crippen molar-refractivity contribution in [3.05, 3.63) is 71.4 Å². The highest BCUT2D eigenvalue weighted by atomic mass is 19.4. The van der Waals surface area contributed by atoms with Gasteiger partial charge in [-0.25, -0.2) is 4.98 Å². The number of rotatable bonds is 4. The van der Waals surface area contributed by atoms with Crippen LogP contribution in [0.25, 0.3) is 22.6 Å². The number of benzene rings is 2. The lowest BCUT2D eigenvalue weighted by Gasteiger charge is -2.56. The van der Waals surface area contributed by atoms with E-state index in [4.69, 9.17) is 4.74 Å². The first-order valence-corrected chi connectivity index (χ1v) is 10.5. The number of hydrogen-bond acceptors (Lipinski definition) is 4. The molecule has 2 saturated heterocycles. The summed E-state index contributed by atoms with van der Waals surface area (Å²) in [6.45, 7) is 3.59. The van der Waals surface area contributed by atoms with Crippen molar-refractivity contribution >= 4 is 22.5 Å². The number of halogens is 3. The molecule has 0 atom stereocenters. The molecule has 2 aromatic carbocycles. The van der Waals surface area contributed by atoms with Gasteiger partial charge in [-0.15, -0.1) is 0 Å². The number of fused-ring (bicyclic) bond motifs is 1. The predicted octanol–water partition coefficient (Wildman–Crippen LogP) is 4.64. The second kappa shape index (κ2) is 6.95. The van der Waals surface area contributed by atoms with Gasteiger partial charge in [0.2, 0.25) is 0 Å². The Hall–Kier alpha value is -3.59. The van der Waals surface area contributed by atoms with Crippen LogP contribution in [-0.2, 0) is 10.9 Å². The average molecular weight is 452 g/mol. The van der Waals surface area contributed by atoms with Gasteiger partial charge in [-0.2, -0.15) is 13.2 Å². The summed E-state index contributed by atoms with van der Waals surface area (Å²) in [5, 5.41) is 0. The van der Waals surface area contributed by atoms with Crippen LogP contribution < -0.4 is 4.90 Å². The largest absolute Gasteiger partial charge is 0.417 e. The van der Waals surface area contributed by atoms with Crippen molar-refractivity contribution in [2.45, 2.75) is 6.18 Å². The average Bonchev–Trinajstić information content (AvgIpc) is 3.37. The van der Waals surface area contributed by atoms with Gasteiger partial charge < -0.3 is 19.6 Å². The van der Waals surface area contributed by atoms with E-state index in [1.807, 2.05) is 18.2 Å². The second-order valence-electron chi connectivity index (χ2n) is 8.81. The first-order valence-electron chi connectivity index (χ1n) is 10.5. The standard InChI is InChI=1S/C24H19F3N4O2/c25-24(26,27)17-4-2-1-3-16(17)21(32)14-7-20(28-9-14)22-29-18-6-5-15(8-19(18)30-22)31-10-23(11-31)12-33-13-23/h1-9,28H,10-13H2,(H,29,30). The fourth-order valence-electron chi connectivity index (χ4n) is 4.59. The molecule has 1 spiro atoms. The number of alkyl halides is 3. The van der Waals surface area contributed by atoms with Crippen LogP contribution in [0.1, 0.15) is 21.5 Å². The van der Waals surface area contributed by atoms with E-state index in [9.17, 15) is 18.0 Å². The van der Waals surface area contributed by atoms with Crippen molar-refractivity contribution in [1.82, 2.24) is 15.0 Å². The number of hydrogen-bond donors (Lipinski definition) is 2. The molecule has 2 fully saturated rings. The lowest BCUT2D eigenvalue weighted by atomic mass is 9.78. The summed E-state index contributed by atoms with van der Waals surface area (Å²) in [5.41, 5.74) is 2.35. The van der Waals surface area contributed by atoms with Crippen LogP contribution in [0.4, 0.5) is 18.9 Å². The summed E-state index contributed by atoms with van der Waals surface area (Å²) in [4.78, 5) is 25.9. The summed E-state index contributed by atoms with van der Waals surface area (Å²) < 4.78 is 45.3. The number of nitrogens with zero attached hydrogens (tertiary/aromatic N) is 2. The number of aromatic nitrogens is 3. The fourth-order valence-corrected chi connectivity index (χ4v) is 4.59. The van der Waals surface area contributed by atoms with Gasteiger partial charge in [0.25, 0.3) is 0 Å². The number of carbonyl (C=O) groups is 1. The highest BCUT2D eigenvalue weighted by molar-refractivity contribution is 6.10. The van der Waals surface area contributed by atoms with E-state index >= 15 is 0 Å². The van der Waals surface area contributed by atoms with E-state index in [1.54, 1.807) is 0 Å². The lowest BCUT2D eigenvalue weighted by Crippen LogP contribution is -2.66. The van der Waals surface area contributed by atoms with Crippen molar-refractivity contribution in [2.24, 2.45) is 5.41 Å². The first-order chi connectivity index (χ1) is 15.8. The summed E-state index contributed by atoms with van der Waals surface area (Å²) in [5.74, 6) is -0.187. The van der Waals surface area contributed by atoms with E-state index in [2.05, 4.69) is 19.9 Å². The van der Waals surface area contributed by atoms with Crippen LogP contribution in [0.5, 0.6) is 0 Å². The molecule has 0 bridgehead atoms. The Kier molecular flexibility index (Phi) is 4.22. The van der Waals surface area contributed by atoms with Crippen LogP contribution >= 0.6 is 0 Å². The van der Waals surface area contributed by atoms with Crippen molar-refractivity contribution < 1.29 is 22.7 Å². The Bertz CT molecular complexity index is 1380. The molecule has 0 unspecified atom stereocenters. The van der Waals surface area contributed by atoms with E-state index in [1.165, 1.54) is 30.5 Å². The van der Waals surface area contributed by atoms with Gasteiger partial charge >= 0.3 is 6.18 Å². The zero-order chi connectivity index (χ0) is 22.8. The normalized spacial score (nSPS) is 17.2. The zero-order valence-electron chi connectivity index (χ0n) is 17.4. The smallest absolute Gasteiger partial charge is 0.380 e. The van der Waals surface area contributed by atoms with Gasteiger partial charge in [0.05, 0.1) is 40.9 Å². The topological polar surface area (TPSA) is 74.0 Å². The molecule has 2 aliphatic heterocycles. The molecular formula is C24H19F3N4O2. The molecule has 0 amide bonds. The molecule has 0 radical (unpaired) electrons. The minimum Gasteiger partial charge on any atom is -0.380 e. The highest BCUT2D eigenvalue weighted by Crippen LogP contribution is 2.40. The number of carbonyl (C=O) groups excluding carboxylic acids is 1. The number of H-pyrrole nitrogens is 2. The number of anilines is 1. The van der Waals surface area contributed by atoms with Crippen molar-refractivity contribution in [2.75, 3.05) is 31.2 Å². The van der Waals surface area contributed by atoms with Gasteiger partial charge in [-0.05, 0) is 30.3 Å².